The highest BCUT2D eigenvalue weighted by Crippen LogP contribution is 2.11. The second kappa shape index (κ2) is 3.31. The van der Waals surface area contributed by atoms with Gasteiger partial charge in [-0.25, -0.2) is 4.79 Å². The van der Waals surface area contributed by atoms with E-state index in [9.17, 15) is 4.79 Å². The largest absolute Gasteiger partial charge is 0.338 e. The monoisotopic (exact) mass is 169 g/mol. The molecule has 12 heavy (non-hydrogen) atoms. The predicted octanol–water partition coefficient (Wildman–Crippen LogP) is -0.236. The van der Waals surface area contributed by atoms with Crippen LogP contribution in [0.5, 0.6) is 0 Å². The summed E-state index contributed by atoms with van der Waals surface area (Å²) in [5.41, 5.74) is 0. The first-order chi connectivity index (χ1) is 5.88. The number of rotatable bonds is 1. The summed E-state index contributed by atoms with van der Waals surface area (Å²) in [6, 6.07) is 0.556. The van der Waals surface area contributed by atoms with Crippen LogP contribution < -0.4 is 10.6 Å². The maximum absolute atomic E-state index is 11.4. The number of carbonyl (C=O) groups excluding carboxylic acids is 1. The van der Waals surface area contributed by atoms with Gasteiger partial charge in [-0.15, -0.1) is 0 Å². The summed E-state index contributed by atoms with van der Waals surface area (Å²) in [7, 11) is 0. The summed E-state index contributed by atoms with van der Waals surface area (Å²) in [4.78, 5) is 13.3. The van der Waals surface area contributed by atoms with Gasteiger partial charge in [-0.3, -0.25) is 0 Å². The summed E-state index contributed by atoms with van der Waals surface area (Å²) in [6.45, 7) is 3.79. The van der Waals surface area contributed by atoms with Crippen LogP contribution in [0.2, 0.25) is 0 Å². The molecule has 0 unspecified atom stereocenters. The molecule has 2 heterocycles. The van der Waals surface area contributed by atoms with Crippen molar-refractivity contribution in [2.75, 3.05) is 26.2 Å². The third-order valence-corrected chi connectivity index (χ3v) is 2.59. The van der Waals surface area contributed by atoms with Gasteiger partial charge in [0.1, 0.15) is 0 Å². The number of hydrogen-bond acceptors (Lipinski definition) is 2. The van der Waals surface area contributed by atoms with Crippen molar-refractivity contribution in [2.45, 2.75) is 18.9 Å². The van der Waals surface area contributed by atoms with Crippen molar-refractivity contribution in [3.05, 3.63) is 0 Å². The average molecular weight is 169 g/mol. The Morgan fingerprint density at radius 1 is 1.42 bits per heavy atom. The molecular formula is C8H15N3O. The first kappa shape index (κ1) is 7.86. The van der Waals surface area contributed by atoms with Crippen molar-refractivity contribution >= 4 is 6.03 Å². The molecule has 1 atom stereocenters. The summed E-state index contributed by atoms with van der Waals surface area (Å²) in [5.74, 6) is 0. The quantitative estimate of drug-likeness (QED) is 0.569. The first-order valence-electron chi connectivity index (χ1n) is 4.63. The van der Waals surface area contributed by atoms with Crippen LogP contribution in [0.1, 0.15) is 12.8 Å². The van der Waals surface area contributed by atoms with Crippen LogP contribution in [0.4, 0.5) is 4.79 Å². The van der Waals surface area contributed by atoms with Crippen LogP contribution in [0.3, 0.4) is 0 Å². The van der Waals surface area contributed by atoms with Gasteiger partial charge >= 0.3 is 6.03 Å². The lowest BCUT2D eigenvalue weighted by Gasteiger charge is -2.32. The molecular weight excluding hydrogens is 154 g/mol. The van der Waals surface area contributed by atoms with Gasteiger partial charge in [0.2, 0.25) is 0 Å². The minimum Gasteiger partial charge on any atom is -0.338 e. The molecule has 4 nitrogen and oxygen atoms in total. The van der Waals surface area contributed by atoms with E-state index < -0.39 is 0 Å². The van der Waals surface area contributed by atoms with Crippen molar-refractivity contribution in [3.8, 4) is 0 Å². The van der Waals surface area contributed by atoms with E-state index in [2.05, 4.69) is 10.6 Å². The Kier molecular flexibility index (Phi) is 2.17. The normalized spacial score (nSPS) is 30.5. The zero-order valence-electron chi connectivity index (χ0n) is 7.18. The fourth-order valence-corrected chi connectivity index (χ4v) is 1.90. The Hall–Kier alpha value is -0.770. The van der Waals surface area contributed by atoms with E-state index in [0.717, 1.165) is 39.0 Å². The van der Waals surface area contributed by atoms with Crippen molar-refractivity contribution in [2.24, 2.45) is 0 Å². The molecule has 0 aliphatic carbocycles. The zero-order valence-corrected chi connectivity index (χ0v) is 7.18. The van der Waals surface area contributed by atoms with E-state index in [4.69, 9.17) is 0 Å². The topological polar surface area (TPSA) is 44.4 Å². The number of nitrogens with zero attached hydrogens (tertiary/aromatic N) is 1. The van der Waals surface area contributed by atoms with E-state index in [-0.39, 0.29) is 6.03 Å². The molecule has 2 N–H and O–H groups in total. The van der Waals surface area contributed by atoms with Gasteiger partial charge in [-0.2, -0.15) is 0 Å². The second-order valence-corrected chi connectivity index (χ2v) is 3.43. The van der Waals surface area contributed by atoms with Crippen molar-refractivity contribution in [1.29, 1.82) is 0 Å². The minimum atomic E-state index is 0.120. The molecule has 0 saturated carbocycles. The Morgan fingerprint density at radius 2 is 2.33 bits per heavy atom. The molecule has 0 aromatic heterocycles. The van der Waals surface area contributed by atoms with Crippen LogP contribution in [0.15, 0.2) is 0 Å². The lowest BCUT2D eigenvalue weighted by molar-refractivity contribution is 0.166. The molecule has 0 spiro atoms. The number of hydrogen-bond donors (Lipinski definition) is 2. The predicted molar refractivity (Wildman–Crippen MR) is 46.0 cm³/mol. The number of nitrogens with one attached hydrogen (secondary N) is 2. The Balaban J connectivity index is 1.95. The molecule has 0 aromatic carbocycles. The van der Waals surface area contributed by atoms with E-state index in [1.54, 1.807) is 0 Å². The first-order valence-corrected chi connectivity index (χ1v) is 4.63. The molecule has 0 aromatic rings. The second-order valence-electron chi connectivity index (χ2n) is 3.43. The zero-order chi connectivity index (χ0) is 8.39. The molecule has 0 bridgehead atoms. The van der Waals surface area contributed by atoms with Gasteiger partial charge in [-0.1, -0.05) is 0 Å². The number of amides is 2. The Labute approximate surface area is 72.3 Å². The van der Waals surface area contributed by atoms with Gasteiger partial charge in [0, 0.05) is 25.7 Å². The van der Waals surface area contributed by atoms with Crippen LogP contribution in [-0.4, -0.2) is 43.2 Å². The minimum absolute atomic E-state index is 0.120. The standard InChI is InChI=1S/C8H15N3O/c12-8-10-3-1-5-11(8)7-2-4-9-6-7/h7,9H,1-6H2,(H,10,12)/t7-/m0/s1. The highest BCUT2D eigenvalue weighted by Gasteiger charge is 2.27. The van der Waals surface area contributed by atoms with Gasteiger partial charge in [0.15, 0.2) is 0 Å². The van der Waals surface area contributed by atoms with Gasteiger partial charge < -0.3 is 15.5 Å². The molecule has 68 valence electrons. The average Bonchev–Trinajstić information content (AvgIpc) is 2.57. The summed E-state index contributed by atoms with van der Waals surface area (Å²) in [6.07, 6.45) is 2.19. The third kappa shape index (κ3) is 1.39. The highest BCUT2D eigenvalue weighted by molar-refractivity contribution is 5.75. The van der Waals surface area contributed by atoms with E-state index in [1.807, 2.05) is 4.90 Å². The summed E-state index contributed by atoms with van der Waals surface area (Å²) < 4.78 is 0. The van der Waals surface area contributed by atoms with Gasteiger partial charge in [-0.05, 0) is 19.4 Å². The molecule has 4 heteroatoms. The van der Waals surface area contributed by atoms with E-state index >= 15 is 0 Å². The van der Waals surface area contributed by atoms with Crippen molar-refractivity contribution < 1.29 is 4.79 Å². The third-order valence-electron chi connectivity index (χ3n) is 2.59. The molecule has 2 amide bonds. The molecule has 2 rings (SSSR count). The van der Waals surface area contributed by atoms with Crippen LogP contribution in [-0.2, 0) is 0 Å². The van der Waals surface area contributed by atoms with Gasteiger partial charge in [0.05, 0.1) is 0 Å². The molecule has 2 aliphatic heterocycles. The Morgan fingerprint density at radius 3 is 3.00 bits per heavy atom. The van der Waals surface area contributed by atoms with Crippen molar-refractivity contribution in [1.82, 2.24) is 15.5 Å². The van der Waals surface area contributed by atoms with E-state index in [1.165, 1.54) is 0 Å². The van der Waals surface area contributed by atoms with Crippen LogP contribution in [0.25, 0.3) is 0 Å². The fourth-order valence-electron chi connectivity index (χ4n) is 1.90. The SMILES string of the molecule is O=C1NCCCN1[C@H]1CCNC1. The lowest BCUT2D eigenvalue weighted by atomic mass is 10.2. The lowest BCUT2D eigenvalue weighted by Crippen LogP contribution is -2.51. The molecule has 0 radical (unpaired) electrons. The summed E-state index contributed by atoms with van der Waals surface area (Å²) >= 11 is 0. The molecule has 2 fully saturated rings. The highest BCUT2D eigenvalue weighted by atomic mass is 16.2. The number of carbonyl (C=O) groups is 1. The molecule has 2 aliphatic rings. The smallest absolute Gasteiger partial charge is 0.317 e. The Bertz CT molecular complexity index is 177. The maximum atomic E-state index is 11.4. The number of urea groups is 1. The maximum Gasteiger partial charge on any atom is 0.317 e. The van der Waals surface area contributed by atoms with E-state index in [0.29, 0.717) is 6.04 Å². The molecule has 2 saturated heterocycles. The van der Waals surface area contributed by atoms with Gasteiger partial charge in [0.25, 0.3) is 0 Å². The summed E-state index contributed by atoms with van der Waals surface area (Å²) in [5, 5.41) is 6.14. The van der Waals surface area contributed by atoms with Crippen molar-refractivity contribution in [3.63, 3.8) is 0 Å². The van der Waals surface area contributed by atoms with Crippen LogP contribution in [0, 0.1) is 0 Å². The van der Waals surface area contributed by atoms with Crippen LogP contribution >= 0.6 is 0 Å². The fraction of sp³-hybridized carbons (Fsp3) is 0.875.